The summed E-state index contributed by atoms with van der Waals surface area (Å²) in [5.41, 5.74) is 6.16. The summed E-state index contributed by atoms with van der Waals surface area (Å²) < 4.78 is 5.69. The first-order chi connectivity index (χ1) is 6.00. The van der Waals surface area contributed by atoms with E-state index in [1.165, 1.54) is 0 Å². The lowest BCUT2D eigenvalue weighted by molar-refractivity contribution is -0.0590. The Morgan fingerprint density at radius 1 is 1.15 bits per heavy atom. The zero-order chi connectivity index (χ0) is 10.0. The lowest BCUT2D eigenvalue weighted by Crippen LogP contribution is -2.42. The van der Waals surface area contributed by atoms with E-state index in [2.05, 4.69) is 27.7 Å². The molecule has 1 aliphatic rings. The van der Waals surface area contributed by atoms with Crippen molar-refractivity contribution in [1.82, 2.24) is 0 Å². The fourth-order valence-corrected chi connectivity index (χ4v) is 2.32. The molecule has 3 unspecified atom stereocenters. The molecule has 0 aromatic carbocycles. The van der Waals surface area contributed by atoms with Crippen LogP contribution >= 0.6 is 0 Å². The van der Waals surface area contributed by atoms with Gasteiger partial charge in [0, 0.05) is 6.04 Å². The highest BCUT2D eigenvalue weighted by molar-refractivity contribution is 4.82. The van der Waals surface area contributed by atoms with Crippen LogP contribution in [-0.4, -0.2) is 18.2 Å². The molecule has 0 aromatic rings. The molecular weight excluding hydrogens is 162 g/mol. The van der Waals surface area contributed by atoms with Crippen LogP contribution in [0.25, 0.3) is 0 Å². The Bertz CT molecular complexity index is 148. The molecule has 1 saturated heterocycles. The van der Waals surface area contributed by atoms with Crippen molar-refractivity contribution in [1.29, 1.82) is 0 Å². The fourth-order valence-electron chi connectivity index (χ4n) is 2.32. The molecule has 1 aliphatic heterocycles. The predicted molar refractivity (Wildman–Crippen MR) is 55.5 cm³/mol. The van der Waals surface area contributed by atoms with Gasteiger partial charge in [0.2, 0.25) is 0 Å². The Hall–Kier alpha value is -0.0800. The second-order valence-corrected chi connectivity index (χ2v) is 4.81. The molecule has 0 radical (unpaired) electrons. The Kier molecular flexibility index (Phi) is 3.74. The lowest BCUT2D eigenvalue weighted by atomic mass is 9.82. The van der Waals surface area contributed by atoms with Gasteiger partial charge >= 0.3 is 0 Å². The van der Waals surface area contributed by atoms with Crippen molar-refractivity contribution in [2.45, 2.75) is 58.8 Å². The minimum Gasteiger partial charge on any atom is -0.376 e. The molecule has 0 saturated carbocycles. The third-order valence-electron chi connectivity index (χ3n) is 3.05. The molecule has 2 heteroatoms. The van der Waals surface area contributed by atoms with Gasteiger partial charge in [-0.25, -0.2) is 0 Å². The van der Waals surface area contributed by atoms with E-state index in [1.807, 2.05) is 0 Å². The van der Waals surface area contributed by atoms with Gasteiger partial charge in [-0.1, -0.05) is 13.8 Å². The maximum atomic E-state index is 6.16. The van der Waals surface area contributed by atoms with Crippen molar-refractivity contribution in [3.63, 3.8) is 0 Å². The van der Waals surface area contributed by atoms with Crippen molar-refractivity contribution < 1.29 is 4.74 Å². The normalized spacial score (nSPS) is 37.8. The van der Waals surface area contributed by atoms with E-state index in [0.717, 1.165) is 12.8 Å². The van der Waals surface area contributed by atoms with Gasteiger partial charge in [-0.3, -0.25) is 0 Å². The molecule has 2 N–H and O–H groups in total. The highest BCUT2D eigenvalue weighted by Gasteiger charge is 2.29. The van der Waals surface area contributed by atoms with Gasteiger partial charge in [-0.2, -0.15) is 0 Å². The maximum absolute atomic E-state index is 6.16. The predicted octanol–water partition coefficient (Wildman–Crippen LogP) is 2.17. The highest BCUT2D eigenvalue weighted by atomic mass is 16.5. The highest BCUT2D eigenvalue weighted by Crippen LogP contribution is 2.28. The van der Waals surface area contributed by atoms with Crippen LogP contribution in [0.15, 0.2) is 0 Å². The lowest BCUT2D eigenvalue weighted by Gasteiger charge is -2.36. The van der Waals surface area contributed by atoms with Gasteiger partial charge in [0.15, 0.2) is 0 Å². The topological polar surface area (TPSA) is 35.2 Å². The van der Waals surface area contributed by atoms with Gasteiger partial charge in [0.1, 0.15) is 0 Å². The molecular formula is C11H23NO. The number of hydrogen-bond acceptors (Lipinski definition) is 2. The van der Waals surface area contributed by atoms with Crippen LogP contribution in [0.2, 0.25) is 0 Å². The van der Waals surface area contributed by atoms with Gasteiger partial charge < -0.3 is 10.5 Å². The summed E-state index contributed by atoms with van der Waals surface area (Å²) in [5, 5.41) is 0. The third-order valence-corrected chi connectivity index (χ3v) is 3.05. The maximum Gasteiger partial charge on any atom is 0.0553 e. The van der Waals surface area contributed by atoms with Crippen molar-refractivity contribution >= 4 is 0 Å². The molecule has 3 atom stereocenters. The van der Waals surface area contributed by atoms with Crippen LogP contribution in [0.3, 0.4) is 0 Å². The van der Waals surface area contributed by atoms with Crippen LogP contribution in [0.5, 0.6) is 0 Å². The largest absolute Gasteiger partial charge is 0.376 e. The summed E-state index contributed by atoms with van der Waals surface area (Å²) in [6.07, 6.45) is 3.03. The Labute approximate surface area is 81.8 Å². The number of rotatable bonds is 2. The second kappa shape index (κ2) is 4.43. The minimum absolute atomic E-state index is 0.341. The summed E-state index contributed by atoms with van der Waals surface area (Å²) in [5.74, 6) is 1.24. The van der Waals surface area contributed by atoms with E-state index in [4.69, 9.17) is 10.5 Å². The second-order valence-electron chi connectivity index (χ2n) is 4.81. The van der Waals surface area contributed by atoms with Gasteiger partial charge in [0.25, 0.3) is 0 Å². The molecule has 0 bridgehead atoms. The quantitative estimate of drug-likeness (QED) is 0.715. The van der Waals surface area contributed by atoms with Crippen molar-refractivity contribution in [2.24, 2.45) is 17.6 Å². The zero-order valence-corrected chi connectivity index (χ0v) is 9.29. The number of hydrogen-bond donors (Lipinski definition) is 1. The van der Waals surface area contributed by atoms with E-state index >= 15 is 0 Å². The van der Waals surface area contributed by atoms with Crippen LogP contribution in [-0.2, 0) is 4.74 Å². The Morgan fingerprint density at radius 2 is 1.62 bits per heavy atom. The molecule has 0 aromatic heterocycles. The van der Waals surface area contributed by atoms with Gasteiger partial charge in [-0.05, 0) is 38.5 Å². The first-order valence-electron chi connectivity index (χ1n) is 5.41. The summed E-state index contributed by atoms with van der Waals surface area (Å²) >= 11 is 0. The first-order valence-corrected chi connectivity index (χ1v) is 5.41. The van der Waals surface area contributed by atoms with E-state index < -0.39 is 0 Å². The Morgan fingerprint density at radius 3 is 2.00 bits per heavy atom. The van der Waals surface area contributed by atoms with E-state index in [0.29, 0.717) is 30.1 Å². The van der Waals surface area contributed by atoms with E-state index in [9.17, 15) is 0 Å². The number of nitrogens with two attached hydrogens (primary N) is 1. The van der Waals surface area contributed by atoms with Crippen LogP contribution in [0, 0.1) is 11.8 Å². The molecule has 1 rings (SSSR count). The van der Waals surface area contributed by atoms with Crippen LogP contribution in [0.1, 0.15) is 40.5 Å². The van der Waals surface area contributed by atoms with Gasteiger partial charge in [0.05, 0.1) is 12.2 Å². The average molecular weight is 185 g/mol. The third kappa shape index (κ3) is 2.96. The summed E-state index contributed by atoms with van der Waals surface area (Å²) in [6.45, 7) is 8.70. The molecule has 78 valence electrons. The summed E-state index contributed by atoms with van der Waals surface area (Å²) in [6, 6.07) is 0.341. The molecule has 13 heavy (non-hydrogen) atoms. The summed E-state index contributed by atoms with van der Waals surface area (Å²) in [7, 11) is 0. The standard InChI is InChI=1S/C11H23NO/c1-7(2)11(12)10-5-8(3)13-9(4)6-10/h7-11H,5-6,12H2,1-4H3. The smallest absolute Gasteiger partial charge is 0.0553 e. The molecule has 2 nitrogen and oxygen atoms in total. The molecule has 0 aliphatic carbocycles. The minimum atomic E-state index is 0.341. The zero-order valence-electron chi connectivity index (χ0n) is 9.29. The van der Waals surface area contributed by atoms with Crippen LogP contribution < -0.4 is 5.73 Å². The molecule has 0 spiro atoms. The van der Waals surface area contributed by atoms with Crippen molar-refractivity contribution in [3.05, 3.63) is 0 Å². The van der Waals surface area contributed by atoms with E-state index in [-0.39, 0.29) is 0 Å². The fraction of sp³-hybridized carbons (Fsp3) is 1.00. The SMILES string of the molecule is CC1CC(C(N)C(C)C)CC(C)O1. The molecule has 1 heterocycles. The van der Waals surface area contributed by atoms with Crippen LogP contribution in [0.4, 0.5) is 0 Å². The van der Waals surface area contributed by atoms with E-state index in [1.54, 1.807) is 0 Å². The molecule has 0 amide bonds. The van der Waals surface area contributed by atoms with Crippen molar-refractivity contribution in [2.75, 3.05) is 0 Å². The Balaban J connectivity index is 2.49. The van der Waals surface area contributed by atoms with Crippen molar-refractivity contribution in [3.8, 4) is 0 Å². The number of ether oxygens (including phenoxy) is 1. The molecule has 1 fully saturated rings. The average Bonchev–Trinajstić information content (AvgIpc) is 2.01. The summed E-state index contributed by atoms with van der Waals surface area (Å²) in [4.78, 5) is 0. The monoisotopic (exact) mass is 185 g/mol. The first kappa shape index (κ1) is 11.0. The van der Waals surface area contributed by atoms with Gasteiger partial charge in [-0.15, -0.1) is 0 Å².